The lowest BCUT2D eigenvalue weighted by Gasteiger charge is -2.25. The van der Waals surface area contributed by atoms with Gasteiger partial charge in [0.15, 0.2) is 5.78 Å². The number of hydrogen-bond donors (Lipinski definition) is 4. The van der Waals surface area contributed by atoms with Crippen molar-refractivity contribution >= 4 is 60.4 Å². The van der Waals surface area contributed by atoms with Crippen molar-refractivity contribution in [1.82, 2.24) is 19.9 Å². The van der Waals surface area contributed by atoms with E-state index in [4.69, 9.17) is 4.42 Å². The lowest BCUT2D eigenvalue weighted by Crippen LogP contribution is -2.56. The predicted molar refractivity (Wildman–Crippen MR) is 224 cm³/mol. The topological polar surface area (TPSA) is 221 Å². The number of methoxy groups -OCH3 is 1. The Bertz CT molecular complexity index is 2510. The van der Waals surface area contributed by atoms with Gasteiger partial charge in [-0.1, -0.05) is 19.9 Å². The van der Waals surface area contributed by atoms with Crippen LogP contribution in [-0.4, -0.2) is 103 Å². The van der Waals surface area contributed by atoms with Crippen LogP contribution >= 0.6 is 0 Å². The fourth-order valence-corrected chi connectivity index (χ4v) is 8.97. The summed E-state index contributed by atoms with van der Waals surface area (Å²) in [5.74, 6) is -4.26. The molecule has 2 aromatic rings. The molecule has 0 radical (unpaired) electrons. The van der Waals surface area contributed by atoms with E-state index in [0.717, 1.165) is 30.3 Å². The number of esters is 1. The zero-order valence-corrected chi connectivity index (χ0v) is 36.5. The molecule has 0 aromatic heterocycles. The van der Waals surface area contributed by atoms with Crippen LogP contribution in [0.3, 0.4) is 0 Å². The summed E-state index contributed by atoms with van der Waals surface area (Å²) in [5, 5.41) is 5.90. The minimum absolute atomic E-state index is 0.0110. The minimum atomic E-state index is -5.11. The number of halogens is 1. The van der Waals surface area contributed by atoms with Gasteiger partial charge in [0.1, 0.15) is 54.1 Å². The molecule has 0 fully saturated rings. The number of amides is 2. The van der Waals surface area contributed by atoms with Crippen LogP contribution in [0.1, 0.15) is 54.9 Å². The number of sulfonamides is 1. The summed E-state index contributed by atoms with van der Waals surface area (Å²) < 4.78 is 93.4. The van der Waals surface area contributed by atoms with Crippen LogP contribution < -0.4 is 30.2 Å². The number of ketones is 1. The number of benzene rings is 3. The number of nitrogens with one attached hydrogen (secondary N) is 3. The third kappa shape index (κ3) is 10.7. The third-order valence-corrected chi connectivity index (χ3v) is 12.5. The van der Waals surface area contributed by atoms with E-state index in [0.29, 0.717) is 54.0 Å². The monoisotopic (exact) mass is 874 g/mol. The summed E-state index contributed by atoms with van der Waals surface area (Å²) in [6.07, 6.45) is -0.661. The maximum Gasteiger partial charge on any atom is 0.308 e. The van der Waals surface area contributed by atoms with E-state index in [1.54, 1.807) is 12.1 Å². The number of fused-ring (bicyclic) bond motifs is 2. The highest BCUT2D eigenvalue weighted by molar-refractivity contribution is 7.89. The molecule has 2 aromatic carbocycles. The molecule has 3 atom stereocenters. The first-order valence-electron chi connectivity index (χ1n) is 19.5. The van der Waals surface area contributed by atoms with Crippen molar-refractivity contribution in [3.05, 3.63) is 60.0 Å². The van der Waals surface area contributed by atoms with Gasteiger partial charge in [0.05, 0.1) is 24.5 Å². The van der Waals surface area contributed by atoms with Crippen LogP contribution in [0, 0.1) is 5.92 Å². The van der Waals surface area contributed by atoms with Crippen molar-refractivity contribution < 1.29 is 54.1 Å². The molecule has 1 aliphatic carbocycles. The van der Waals surface area contributed by atoms with E-state index >= 15 is 0 Å². The highest BCUT2D eigenvalue weighted by Gasteiger charge is 2.33. The van der Waals surface area contributed by atoms with Gasteiger partial charge >= 0.3 is 5.97 Å². The highest BCUT2D eigenvalue weighted by atomic mass is 32.2. The number of anilines is 1. The molecule has 1 aliphatic heterocycles. The van der Waals surface area contributed by atoms with E-state index in [1.165, 1.54) is 26.8 Å². The van der Waals surface area contributed by atoms with Gasteiger partial charge in [-0.15, -0.1) is 0 Å². The zero-order chi connectivity index (χ0) is 44.7. The number of carbonyl (C=O) groups excluding carboxylic acids is 4. The van der Waals surface area contributed by atoms with E-state index in [9.17, 15) is 45.0 Å². The van der Waals surface area contributed by atoms with E-state index < -0.39 is 90.6 Å². The molecule has 16 nitrogen and oxygen atoms in total. The third-order valence-electron chi connectivity index (χ3n) is 10.2. The Hall–Kier alpha value is -5.24. The Balaban J connectivity index is 1.80. The first-order valence-corrected chi connectivity index (χ1v) is 22.4. The second-order valence-electron chi connectivity index (χ2n) is 14.3. The van der Waals surface area contributed by atoms with Crippen LogP contribution in [-0.2, 0) is 44.1 Å². The average molecular weight is 875 g/mol. The Morgan fingerprint density at radius 1 is 0.867 bits per heavy atom. The molecular formula is C41H53FN5O11S2+. The summed E-state index contributed by atoms with van der Waals surface area (Å²) in [7, 11) is -8.79. The van der Waals surface area contributed by atoms with Gasteiger partial charge in [0, 0.05) is 53.0 Å². The summed E-state index contributed by atoms with van der Waals surface area (Å²) >= 11 is 0. The zero-order valence-electron chi connectivity index (χ0n) is 34.9. The van der Waals surface area contributed by atoms with Crippen molar-refractivity contribution in [2.24, 2.45) is 5.92 Å². The van der Waals surface area contributed by atoms with Gasteiger partial charge < -0.3 is 24.7 Å². The molecule has 0 bridgehead atoms. The Morgan fingerprint density at radius 2 is 1.52 bits per heavy atom. The van der Waals surface area contributed by atoms with Crippen molar-refractivity contribution in [1.29, 1.82) is 0 Å². The summed E-state index contributed by atoms with van der Waals surface area (Å²) in [6.45, 7) is 13.7. The smallest absolute Gasteiger partial charge is 0.308 e. The van der Waals surface area contributed by atoms with Crippen LogP contribution in [0.5, 0.6) is 0 Å². The minimum Gasteiger partial charge on any atom is -0.469 e. The fraction of sp³-hybridized carbons (Fsp3) is 0.439. The van der Waals surface area contributed by atoms with Gasteiger partial charge in [-0.3, -0.25) is 23.7 Å². The summed E-state index contributed by atoms with van der Waals surface area (Å²) in [5.41, 5.74) is 2.12. The highest BCUT2D eigenvalue weighted by Crippen LogP contribution is 2.43. The number of hydrogen-bond acceptors (Lipinski definition) is 11. The summed E-state index contributed by atoms with van der Waals surface area (Å²) in [4.78, 5) is 50.9. The average Bonchev–Trinajstić information content (AvgIpc) is 3.21. The van der Waals surface area contributed by atoms with E-state index in [1.807, 2.05) is 52.0 Å². The molecule has 4 N–H and O–H groups in total. The van der Waals surface area contributed by atoms with Gasteiger partial charge in [-0.25, -0.2) is 17.4 Å². The lowest BCUT2D eigenvalue weighted by molar-refractivity contribution is -0.143. The number of carbonyl (C=O) groups is 4. The predicted octanol–water partition coefficient (Wildman–Crippen LogP) is 3.50. The van der Waals surface area contributed by atoms with E-state index in [2.05, 4.69) is 29.6 Å². The SMILES string of the molecule is CCN(CC)c1ccc2c(-c3ccc(S(=O)(=O)NC(C(=O)NC(C)C(=O)NC(CC(=O)OC)C(=O)CF)C(C)C)cc3S(=O)(=O)O)c3ccc(=[N+](CC)CC)cc-3oc2c1. The molecule has 0 saturated carbocycles. The maximum atomic E-state index is 13.9. The van der Waals surface area contributed by atoms with Crippen LogP contribution in [0.4, 0.5) is 10.1 Å². The number of Topliss-reactive ketones (excluding diaryl/α,β-unsaturated/α-hetero) is 1. The van der Waals surface area contributed by atoms with Gasteiger partial charge in [-0.2, -0.15) is 13.1 Å². The molecule has 4 rings (SSSR count). The normalized spacial score (nSPS) is 13.4. The Labute approximate surface area is 349 Å². The van der Waals surface area contributed by atoms with Crippen molar-refractivity contribution in [2.45, 2.75) is 82.8 Å². The largest absolute Gasteiger partial charge is 0.469 e. The first kappa shape index (κ1) is 47.4. The number of rotatable bonds is 19. The quantitative estimate of drug-likeness (QED) is 0.0461. The van der Waals surface area contributed by atoms with E-state index in [-0.39, 0.29) is 5.56 Å². The van der Waals surface area contributed by atoms with Crippen LogP contribution in [0.15, 0.2) is 68.8 Å². The molecule has 2 aliphatic rings. The van der Waals surface area contributed by atoms with Crippen molar-refractivity contribution in [3.63, 3.8) is 0 Å². The van der Waals surface area contributed by atoms with Crippen molar-refractivity contribution in [3.8, 4) is 22.5 Å². The van der Waals surface area contributed by atoms with Crippen LogP contribution in [0.2, 0.25) is 0 Å². The molecule has 2 amide bonds. The molecule has 326 valence electrons. The molecule has 0 saturated heterocycles. The lowest BCUT2D eigenvalue weighted by atomic mass is 9.93. The van der Waals surface area contributed by atoms with Crippen molar-refractivity contribution in [2.75, 3.05) is 44.9 Å². The molecule has 60 heavy (non-hydrogen) atoms. The second-order valence-corrected chi connectivity index (χ2v) is 17.4. The number of nitrogens with zero attached hydrogens (tertiary/aromatic N) is 2. The first-order chi connectivity index (χ1) is 28.2. The van der Waals surface area contributed by atoms with Gasteiger partial charge in [0.25, 0.3) is 10.1 Å². The standard InChI is InChI=1S/C41H52FN5O11S2/c1-9-46(10-2)26-13-16-29-34(19-26)58-35-20-27(47(11-3)12-4)14-17-30(35)38(29)31-18-15-28(21-36(31)60(54,55)56)59(52,53)45-39(24(5)6)41(51)43-25(7)40(50)44-32(33(48)23-42)22-37(49)57-8/h13-21,24-25,32,39,45H,9-12,22-23H2,1-8H3,(H2-,43,44,50,51,54,55,56)/p+1. The summed E-state index contributed by atoms with van der Waals surface area (Å²) in [6, 6.07) is 9.71. The second kappa shape index (κ2) is 19.9. The fourth-order valence-electron chi connectivity index (χ4n) is 6.80. The molecule has 19 heteroatoms. The Morgan fingerprint density at radius 3 is 2.08 bits per heavy atom. The molecule has 3 unspecified atom stereocenters. The Kier molecular flexibility index (Phi) is 15.7. The van der Waals surface area contributed by atoms with Crippen LogP contribution in [0.25, 0.3) is 33.4 Å². The number of ether oxygens (including phenoxy) is 1. The molecular weight excluding hydrogens is 822 g/mol. The van der Waals surface area contributed by atoms with Gasteiger partial charge in [0.2, 0.25) is 27.2 Å². The maximum absolute atomic E-state index is 13.9. The molecule has 0 spiro atoms. The number of alkyl halides is 1. The molecule has 1 heterocycles. The van der Waals surface area contributed by atoms with Gasteiger partial charge in [-0.05, 0) is 70.9 Å².